The van der Waals surface area contributed by atoms with Gasteiger partial charge >= 0.3 is 6.03 Å². The van der Waals surface area contributed by atoms with E-state index in [-0.39, 0.29) is 12.1 Å². The number of carbonyl (C=O) groups excluding carboxylic acids is 1. The van der Waals surface area contributed by atoms with E-state index in [0.717, 1.165) is 16.7 Å². The molecule has 0 fully saturated rings. The second kappa shape index (κ2) is 6.75. The molecule has 0 aliphatic rings. The Hall–Kier alpha value is -2.30. The average molecular weight is 273 g/mol. The van der Waals surface area contributed by atoms with Gasteiger partial charge in [-0.25, -0.2) is 4.79 Å². The summed E-state index contributed by atoms with van der Waals surface area (Å²) in [5, 5.41) is 6.53. The quantitative estimate of drug-likeness (QED) is 0.822. The molecule has 106 valence electrons. The monoisotopic (exact) mass is 273 g/mol. The summed E-state index contributed by atoms with van der Waals surface area (Å²) < 4.78 is 5.67. The molecule has 2 rings (SSSR count). The first-order valence-electron chi connectivity index (χ1n) is 6.68. The highest BCUT2D eigenvalue weighted by molar-refractivity contribution is 5.84. The zero-order valence-corrected chi connectivity index (χ0v) is 11.7. The molecule has 0 bridgehead atoms. The number of hydrogen-bond acceptors (Lipinski definition) is 3. The Kier molecular flexibility index (Phi) is 4.76. The molecule has 2 amide bonds. The molecule has 0 unspecified atom stereocenters. The number of carbonyl (C=O) groups is 1. The lowest BCUT2D eigenvalue weighted by Gasteiger charge is -2.11. The van der Waals surface area contributed by atoms with Crippen LogP contribution in [0.4, 0.5) is 4.79 Å². The van der Waals surface area contributed by atoms with Crippen molar-refractivity contribution in [2.75, 3.05) is 13.2 Å². The number of hydrogen-bond donors (Lipinski definition) is 2. The summed E-state index contributed by atoms with van der Waals surface area (Å²) in [6, 6.07) is 9.62. The van der Waals surface area contributed by atoms with Crippen molar-refractivity contribution >= 4 is 16.9 Å². The average Bonchev–Trinajstić information content (AvgIpc) is 2.43. The lowest BCUT2D eigenvalue weighted by atomic mass is 10.2. The highest BCUT2D eigenvalue weighted by Gasteiger charge is 2.04. The smallest absolute Gasteiger partial charge is 0.315 e. The normalized spacial score (nSPS) is 10.6. The topological polar surface area (TPSA) is 63.2 Å². The Labute approximate surface area is 118 Å². The number of nitrogens with zero attached hydrogens (tertiary/aromatic N) is 1. The van der Waals surface area contributed by atoms with Crippen molar-refractivity contribution in [1.82, 2.24) is 15.6 Å². The van der Waals surface area contributed by atoms with Crippen LogP contribution in [-0.2, 0) is 0 Å². The molecule has 0 aliphatic carbocycles. The molecule has 0 aliphatic heterocycles. The van der Waals surface area contributed by atoms with Crippen molar-refractivity contribution in [3.8, 4) is 5.75 Å². The van der Waals surface area contributed by atoms with Gasteiger partial charge in [0, 0.05) is 17.6 Å². The van der Waals surface area contributed by atoms with Crippen molar-refractivity contribution in [2.45, 2.75) is 19.9 Å². The minimum Gasteiger partial charge on any atom is -0.489 e. The lowest BCUT2D eigenvalue weighted by Crippen LogP contribution is -2.41. The van der Waals surface area contributed by atoms with Gasteiger partial charge in [0.05, 0.1) is 6.54 Å². The highest BCUT2D eigenvalue weighted by atomic mass is 16.5. The summed E-state index contributed by atoms with van der Waals surface area (Å²) in [7, 11) is 0. The number of nitrogens with one attached hydrogen (secondary N) is 2. The van der Waals surface area contributed by atoms with Crippen molar-refractivity contribution in [3.05, 3.63) is 36.5 Å². The molecule has 1 aromatic carbocycles. The fourth-order valence-electron chi connectivity index (χ4n) is 1.83. The van der Waals surface area contributed by atoms with E-state index in [0.29, 0.717) is 13.2 Å². The van der Waals surface area contributed by atoms with Crippen LogP contribution < -0.4 is 15.4 Å². The van der Waals surface area contributed by atoms with Crippen molar-refractivity contribution in [3.63, 3.8) is 0 Å². The first-order valence-corrected chi connectivity index (χ1v) is 6.68. The number of urea groups is 1. The number of aromatic nitrogens is 1. The summed E-state index contributed by atoms with van der Waals surface area (Å²) in [6.45, 7) is 4.68. The van der Waals surface area contributed by atoms with Crippen LogP contribution in [0.15, 0.2) is 36.5 Å². The predicted octanol–water partition coefficient (Wildman–Crippen LogP) is 2.32. The predicted molar refractivity (Wildman–Crippen MR) is 78.9 cm³/mol. The van der Waals surface area contributed by atoms with E-state index in [9.17, 15) is 4.79 Å². The Morgan fingerprint density at radius 2 is 2.10 bits per heavy atom. The molecule has 0 saturated heterocycles. The van der Waals surface area contributed by atoms with Crippen molar-refractivity contribution in [2.24, 2.45) is 0 Å². The summed E-state index contributed by atoms with van der Waals surface area (Å²) in [5.74, 6) is 0.731. The van der Waals surface area contributed by atoms with E-state index in [4.69, 9.17) is 4.74 Å². The Balaban J connectivity index is 1.86. The van der Waals surface area contributed by atoms with E-state index < -0.39 is 0 Å². The summed E-state index contributed by atoms with van der Waals surface area (Å²) in [6.07, 6.45) is 1.74. The fraction of sp³-hybridized carbons (Fsp3) is 0.333. The van der Waals surface area contributed by atoms with E-state index in [1.54, 1.807) is 6.20 Å². The summed E-state index contributed by atoms with van der Waals surface area (Å²) >= 11 is 0. The van der Waals surface area contributed by atoms with E-state index in [2.05, 4.69) is 15.6 Å². The number of benzene rings is 1. The van der Waals surface area contributed by atoms with E-state index >= 15 is 0 Å². The molecule has 20 heavy (non-hydrogen) atoms. The van der Waals surface area contributed by atoms with Gasteiger partial charge in [0.25, 0.3) is 0 Å². The van der Waals surface area contributed by atoms with Crippen molar-refractivity contribution in [1.29, 1.82) is 0 Å². The third-order valence-electron chi connectivity index (χ3n) is 2.66. The Bertz CT molecular complexity index is 579. The van der Waals surface area contributed by atoms with Gasteiger partial charge < -0.3 is 15.4 Å². The van der Waals surface area contributed by atoms with Crippen LogP contribution in [0.25, 0.3) is 10.9 Å². The van der Waals surface area contributed by atoms with Gasteiger partial charge in [0.2, 0.25) is 0 Å². The standard InChI is InChI=1S/C15H19N3O2/c1-11(2)18-15(19)17-9-10-20-13-7-3-5-12-6-4-8-16-14(12)13/h3-8,11H,9-10H2,1-2H3,(H2,17,18,19). The summed E-state index contributed by atoms with van der Waals surface area (Å²) in [5.41, 5.74) is 0.835. The molecule has 5 nitrogen and oxygen atoms in total. The molecule has 2 aromatic rings. The maximum absolute atomic E-state index is 11.4. The number of fused-ring (bicyclic) bond motifs is 1. The molecule has 2 N–H and O–H groups in total. The van der Waals surface area contributed by atoms with Crippen LogP contribution in [0.3, 0.4) is 0 Å². The largest absolute Gasteiger partial charge is 0.489 e. The van der Waals surface area contributed by atoms with Crippen LogP contribution in [0.5, 0.6) is 5.75 Å². The Morgan fingerprint density at radius 3 is 2.90 bits per heavy atom. The molecule has 5 heteroatoms. The van der Waals surface area contributed by atoms with Crippen LogP contribution in [0.2, 0.25) is 0 Å². The minimum absolute atomic E-state index is 0.123. The molecule has 0 spiro atoms. The number of pyridine rings is 1. The van der Waals surface area contributed by atoms with Gasteiger partial charge in [-0.2, -0.15) is 0 Å². The molecule has 0 saturated carbocycles. The van der Waals surface area contributed by atoms with Gasteiger partial charge in [-0.1, -0.05) is 18.2 Å². The minimum atomic E-state index is -0.181. The van der Waals surface area contributed by atoms with Gasteiger partial charge in [0.15, 0.2) is 0 Å². The van der Waals surface area contributed by atoms with Crippen molar-refractivity contribution < 1.29 is 9.53 Å². The van der Waals surface area contributed by atoms with Crippen LogP contribution in [0.1, 0.15) is 13.8 Å². The number of ether oxygens (including phenoxy) is 1. The van der Waals surface area contributed by atoms with Gasteiger partial charge in [-0.3, -0.25) is 4.98 Å². The number of rotatable bonds is 5. The highest BCUT2D eigenvalue weighted by Crippen LogP contribution is 2.22. The molecule has 1 heterocycles. The molecular formula is C15H19N3O2. The molecule has 0 radical (unpaired) electrons. The summed E-state index contributed by atoms with van der Waals surface area (Å²) in [4.78, 5) is 15.7. The van der Waals surface area contributed by atoms with Crippen LogP contribution in [-0.4, -0.2) is 30.2 Å². The third kappa shape index (κ3) is 3.85. The van der Waals surface area contributed by atoms with Gasteiger partial charge in [0.1, 0.15) is 17.9 Å². The molecular weight excluding hydrogens is 254 g/mol. The van der Waals surface area contributed by atoms with Gasteiger partial charge in [-0.15, -0.1) is 0 Å². The van der Waals surface area contributed by atoms with Crippen LogP contribution >= 0.6 is 0 Å². The zero-order chi connectivity index (χ0) is 14.4. The third-order valence-corrected chi connectivity index (χ3v) is 2.66. The maximum Gasteiger partial charge on any atom is 0.315 e. The Morgan fingerprint density at radius 1 is 1.30 bits per heavy atom. The van der Waals surface area contributed by atoms with Gasteiger partial charge in [-0.05, 0) is 26.0 Å². The first-order chi connectivity index (χ1) is 9.66. The lowest BCUT2D eigenvalue weighted by molar-refractivity contribution is 0.234. The second-order valence-corrected chi connectivity index (χ2v) is 4.73. The van der Waals surface area contributed by atoms with E-state index in [1.807, 2.05) is 44.2 Å². The van der Waals surface area contributed by atoms with Crippen LogP contribution in [0, 0.1) is 0 Å². The number of amides is 2. The first kappa shape index (κ1) is 14.1. The maximum atomic E-state index is 11.4. The fourth-order valence-corrected chi connectivity index (χ4v) is 1.83. The molecule has 0 atom stereocenters. The molecule has 1 aromatic heterocycles. The second-order valence-electron chi connectivity index (χ2n) is 4.73. The zero-order valence-electron chi connectivity index (χ0n) is 11.7. The number of para-hydroxylation sites is 1. The SMILES string of the molecule is CC(C)NC(=O)NCCOc1cccc2cccnc12. The van der Waals surface area contributed by atoms with E-state index in [1.165, 1.54) is 0 Å².